The maximum atomic E-state index is 10.9. The van der Waals surface area contributed by atoms with Gasteiger partial charge in [0.05, 0.1) is 6.10 Å². The van der Waals surface area contributed by atoms with Crippen molar-refractivity contribution in [1.29, 1.82) is 0 Å². The van der Waals surface area contributed by atoms with E-state index in [0.29, 0.717) is 11.5 Å². The molecule has 2 fully saturated rings. The van der Waals surface area contributed by atoms with Gasteiger partial charge in [-0.15, -0.1) is 0 Å². The van der Waals surface area contributed by atoms with Crippen molar-refractivity contribution >= 4 is 17.1 Å². The van der Waals surface area contributed by atoms with Gasteiger partial charge in [0.15, 0.2) is 0 Å². The summed E-state index contributed by atoms with van der Waals surface area (Å²) in [5, 5.41) is 2.23. The summed E-state index contributed by atoms with van der Waals surface area (Å²) < 4.78 is 6.28. The van der Waals surface area contributed by atoms with Gasteiger partial charge in [0.2, 0.25) is 0 Å². The SMILES string of the molecule is O=Cc1ccc2cc(OC3CCC4(CCCCC4)CC3)ccc2c1. The minimum absolute atomic E-state index is 0.365. The highest BCUT2D eigenvalue weighted by Gasteiger charge is 2.36. The van der Waals surface area contributed by atoms with Crippen LogP contribution in [0.4, 0.5) is 0 Å². The molecule has 0 unspecified atom stereocenters. The van der Waals surface area contributed by atoms with Gasteiger partial charge < -0.3 is 4.74 Å². The van der Waals surface area contributed by atoms with Crippen LogP contribution in [-0.4, -0.2) is 12.4 Å². The fraction of sp³-hybridized carbons (Fsp3) is 0.500. The average Bonchev–Trinajstić information content (AvgIpc) is 2.64. The zero-order valence-corrected chi connectivity index (χ0v) is 14.3. The maximum Gasteiger partial charge on any atom is 0.150 e. The van der Waals surface area contributed by atoms with Gasteiger partial charge in [-0.25, -0.2) is 0 Å². The van der Waals surface area contributed by atoms with Crippen molar-refractivity contribution in [2.75, 3.05) is 0 Å². The Morgan fingerprint density at radius 3 is 2.33 bits per heavy atom. The first-order valence-electron chi connectivity index (χ1n) is 9.42. The zero-order chi connectivity index (χ0) is 16.4. The van der Waals surface area contributed by atoms with E-state index in [9.17, 15) is 4.79 Å². The first-order chi connectivity index (χ1) is 11.8. The van der Waals surface area contributed by atoms with Crippen LogP contribution in [0.25, 0.3) is 10.8 Å². The lowest BCUT2D eigenvalue weighted by Crippen LogP contribution is -2.33. The third-order valence-corrected chi connectivity index (χ3v) is 6.18. The number of rotatable bonds is 3. The summed E-state index contributed by atoms with van der Waals surface area (Å²) in [6.07, 6.45) is 13.5. The summed E-state index contributed by atoms with van der Waals surface area (Å²) >= 11 is 0. The molecule has 2 aromatic carbocycles. The average molecular weight is 322 g/mol. The minimum atomic E-state index is 0.365. The molecule has 2 saturated carbocycles. The number of hydrogen-bond donors (Lipinski definition) is 0. The Labute approximate surface area is 144 Å². The summed E-state index contributed by atoms with van der Waals surface area (Å²) in [6.45, 7) is 0. The summed E-state index contributed by atoms with van der Waals surface area (Å²) in [5.74, 6) is 0.964. The Kier molecular flexibility index (Phi) is 4.30. The lowest BCUT2D eigenvalue weighted by Gasteiger charge is -2.42. The van der Waals surface area contributed by atoms with Crippen molar-refractivity contribution in [3.05, 3.63) is 42.0 Å². The van der Waals surface area contributed by atoms with E-state index in [1.165, 1.54) is 57.8 Å². The Morgan fingerprint density at radius 2 is 1.58 bits per heavy atom. The molecule has 1 spiro atoms. The molecule has 0 bridgehead atoms. The number of ether oxygens (including phenoxy) is 1. The molecule has 2 aromatic rings. The molecule has 0 amide bonds. The number of aldehydes is 1. The van der Waals surface area contributed by atoms with Crippen molar-refractivity contribution in [2.24, 2.45) is 5.41 Å². The van der Waals surface area contributed by atoms with Crippen LogP contribution in [0.15, 0.2) is 36.4 Å². The largest absolute Gasteiger partial charge is 0.490 e. The number of carbonyl (C=O) groups is 1. The van der Waals surface area contributed by atoms with Gasteiger partial charge in [-0.3, -0.25) is 4.79 Å². The standard InChI is InChI=1S/C22H26O2/c23-16-17-4-5-19-15-21(7-6-18(19)14-17)24-20-8-12-22(13-9-20)10-2-1-3-11-22/h4-7,14-16,20H,1-3,8-13H2. The topological polar surface area (TPSA) is 26.3 Å². The van der Waals surface area contributed by atoms with Crippen molar-refractivity contribution in [3.63, 3.8) is 0 Å². The molecule has 0 aliphatic heterocycles. The lowest BCUT2D eigenvalue weighted by atomic mass is 9.65. The Bertz CT molecular complexity index is 718. The molecule has 0 heterocycles. The van der Waals surface area contributed by atoms with Crippen molar-refractivity contribution in [1.82, 2.24) is 0 Å². The molecule has 4 rings (SSSR count). The van der Waals surface area contributed by atoms with Gasteiger partial charge in [-0.2, -0.15) is 0 Å². The fourth-order valence-corrected chi connectivity index (χ4v) is 4.70. The van der Waals surface area contributed by atoms with E-state index in [1.54, 1.807) is 0 Å². The number of benzene rings is 2. The normalized spacial score (nSPS) is 21.0. The summed E-state index contributed by atoms with van der Waals surface area (Å²) in [5.41, 5.74) is 1.37. The van der Waals surface area contributed by atoms with Crippen LogP contribution in [0.1, 0.15) is 68.1 Å². The van der Waals surface area contributed by atoms with Crippen LogP contribution in [0, 0.1) is 5.41 Å². The predicted molar refractivity (Wildman–Crippen MR) is 97.7 cm³/mol. The highest BCUT2D eigenvalue weighted by Crippen LogP contribution is 2.47. The van der Waals surface area contributed by atoms with E-state index in [4.69, 9.17) is 4.74 Å². The van der Waals surface area contributed by atoms with E-state index in [0.717, 1.165) is 28.4 Å². The van der Waals surface area contributed by atoms with Gasteiger partial charge in [0, 0.05) is 5.56 Å². The third kappa shape index (κ3) is 3.19. The van der Waals surface area contributed by atoms with Gasteiger partial charge in [0.25, 0.3) is 0 Å². The van der Waals surface area contributed by atoms with Crippen LogP contribution < -0.4 is 4.74 Å². The van der Waals surface area contributed by atoms with E-state index in [-0.39, 0.29) is 0 Å². The van der Waals surface area contributed by atoms with Gasteiger partial charge in [-0.1, -0.05) is 37.5 Å². The van der Waals surface area contributed by atoms with Gasteiger partial charge >= 0.3 is 0 Å². The molecule has 0 saturated heterocycles. The Morgan fingerprint density at radius 1 is 0.875 bits per heavy atom. The molecule has 2 aliphatic rings. The highest BCUT2D eigenvalue weighted by molar-refractivity contribution is 5.89. The molecular weight excluding hydrogens is 296 g/mol. The second-order valence-electron chi connectivity index (χ2n) is 7.76. The molecule has 0 radical (unpaired) electrons. The monoisotopic (exact) mass is 322 g/mol. The van der Waals surface area contributed by atoms with E-state index >= 15 is 0 Å². The molecule has 0 atom stereocenters. The molecule has 2 heteroatoms. The third-order valence-electron chi connectivity index (χ3n) is 6.18. The van der Waals surface area contributed by atoms with Crippen LogP contribution in [-0.2, 0) is 0 Å². The number of fused-ring (bicyclic) bond motifs is 1. The smallest absolute Gasteiger partial charge is 0.150 e. The molecule has 0 N–H and O–H groups in total. The predicted octanol–water partition coefficient (Wildman–Crippen LogP) is 5.92. The Balaban J connectivity index is 1.42. The summed E-state index contributed by atoms with van der Waals surface area (Å²) in [6, 6.07) is 12.0. The quantitative estimate of drug-likeness (QED) is 0.655. The van der Waals surface area contributed by atoms with Crippen LogP contribution >= 0.6 is 0 Å². The first kappa shape index (κ1) is 15.7. The van der Waals surface area contributed by atoms with Crippen molar-refractivity contribution < 1.29 is 9.53 Å². The van der Waals surface area contributed by atoms with E-state index in [2.05, 4.69) is 12.1 Å². The molecular formula is C22H26O2. The molecule has 24 heavy (non-hydrogen) atoms. The molecule has 2 aliphatic carbocycles. The van der Waals surface area contributed by atoms with Crippen LogP contribution in [0.3, 0.4) is 0 Å². The van der Waals surface area contributed by atoms with Crippen molar-refractivity contribution in [3.8, 4) is 5.75 Å². The van der Waals surface area contributed by atoms with E-state index < -0.39 is 0 Å². The summed E-state index contributed by atoms with van der Waals surface area (Å²) in [4.78, 5) is 10.9. The molecule has 2 nitrogen and oxygen atoms in total. The van der Waals surface area contributed by atoms with Crippen LogP contribution in [0.2, 0.25) is 0 Å². The maximum absolute atomic E-state index is 10.9. The highest BCUT2D eigenvalue weighted by atomic mass is 16.5. The second-order valence-corrected chi connectivity index (χ2v) is 7.76. The molecule has 126 valence electrons. The minimum Gasteiger partial charge on any atom is -0.490 e. The summed E-state index contributed by atoms with van der Waals surface area (Å²) in [7, 11) is 0. The number of hydrogen-bond acceptors (Lipinski definition) is 2. The fourth-order valence-electron chi connectivity index (χ4n) is 4.70. The van der Waals surface area contributed by atoms with Gasteiger partial charge in [-0.05, 0) is 72.9 Å². The van der Waals surface area contributed by atoms with Crippen LogP contribution in [0.5, 0.6) is 5.75 Å². The van der Waals surface area contributed by atoms with E-state index in [1.807, 2.05) is 24.3 Å². The van der Waals surface area contributed by atoms with Crippen molar-refractivity contribution in [2.45, 2.75) is 63.9 Å². The second kappa shape index (κ2) is 6.58. The molecule has 0 aromatic heterocycles. The van der Waals surface area contributed by atoms with Gasteiger partial charge in [0.1, 0.15) is 12.0 Å². The lowest BCUT2D eigenvalue weighted by molar-refractivity contribution is 0.0524. The number of carbonyl (C=O) groups excluding carboxylic acids is 1. The first-order valence-corrected chi connectivity index (χ1v) is 9.42. The Hall–Kier alpha value is -1.83. The zero-order valence-electron chi connectivity index (χ0n) is 14.3.